The summed E-state index contributed by atoms with van der Waals surface area (Å²) in [6.45, 7) is 0. The predicted molar refractivity (Wildman–Crippen MR) is 67.6 cm³/mol. The number of hydrogen-bond donors (Lipinski definition) is 2. The molecule has 0 atom stereocenters. The zero-order chi connectivity index (χ0) is 13.1. The van der Waals surface area contributed by atoms with E-state index in [4.69, 9.17) is 10.2 Å². The summed E-state index contributed by atoms with van der Waals surface area (Å²) in [6, 6.07) is 10.1. The molecule has 0 heterocycles. The third kappa shape index (κ3) is 2.55. The zero-order valence-electron chi connectivity index (χ0n) is 9.33. The fourth-order valence-electron chi connectivity index (χ4n) is 1.67. The summed E-state index contributed by atoms with van der Waals surface area (Å²) in [7, 11) is 0. The molecule has 0 saturated carbocycles. The molecule has 90 valence electrons. The number of fused-ring (bicyclic) bond motifs is 1. The highest BCUT2D eigenvalue weighted by atomic mass is 16.4. The van der Waals surface area contributed by atoms with E-state index in [1.165, 1.54) is 12.1 Å². The molecule has 0 fully saturated rings. The van der Waals surface area contributed by atoms with Crippen molar-refractivity contribution in [2.24, 2.45) is 0 Å². The van der Waals surface area contributed by atoms with Crippen LogP contribution in [0.4, 0.5) is 0 Å². The van der Waals surface area contributed by atoms with Crippen LogP contribution in [0.15, 0.2) is 42.5 Å². The molecule has 0 aromatic heterocycles. The molecule has 2 aromatic rings. The first-order valence-electron chi connectivity index (χ1n) is 5.24. The van der Waals surface area contributed by atoms with E-state index >= 15 is 0 Å². The lowest BCUT2D eigenvalue weighted by atomic mass is 10.0. The molecule has 0 amide bonds. The summed E-state index contributed by atoms with van der Waals surface area (Å²) >= 11 is 0. The topological polar surface area (TPSA) is 74.6 Å². The first-order chi connectivity index (χ1) is 8.56. The zero-order valence-corrected chi connectivity index (χ0v) is 9.33. The normalized spacial score (nSPS) is 10.9. The molecule has 0 aliphatic carbocycles. The number of benzene rings is 2. The van der Waals surface area contributed by atoms with E-state index in [0.29, 0.717) is 0 Å². The molecule has 0 spiro atoms. The minimum atomic E-state index is -1.00. The van der Waals surface area contributed by atoms with Crippen LogP contribution in [-0.2, 0) is 4.79 Å². The highest BCUT2D eigenvalue weighted by molar-refractivity contribution is 5.95. The molecule has 4 heteroatoms. The van der Waals surface area contributed by atoms with E-state index in [1.807, 2.05) is 0 Å². The van der Waals surface area contributed by atoms with Gasteiger partial charge in [-0.25, -0.2) is 9.59 Å². The Morgan fingerprint density at radius 1 is 0.944 bits per heavy atom. The second-order valence-electron chi connectivity index (χ2n) is 3.80. The third-order valence-electron chi connectivity index (χ3n) is 2.53. The second-order valence-corrected chi connectivity index (χ2v) is 3.80. The number of rotatable bonds is 3. The number of hydrogen-bond acceptors (Lipinski definition) is 2. The highest BCUT2D eigenvalue weighted by Crippen LogP contribution is 2.18. The Morgan fingerprint density at radius 2 is 1.61 bits per heavy atom. The lowest BCUT2D eigenvalue weighted by Crippen LogP contribution is -1.95. The van der Waals surface area contributed by atoms with Crippen LogP contribution in [0.5, 0.6) is 0 Å². The average molecular weight is 242 g/mol. The molecular weight excluding hydrogens is 232 g/mol. The maximum atomic E-state index is 10.8. The van der Waals surface area contributed by atoms with E-state index in [0.717, 1.165) is 22.4 Å². The van der Waals surface area contributed by atoms with Crippen LogP contribution in [-0.4, -0.2) is 22.2 Å². The van der Waals surface area contributed by atoms with E-state index < -0.39 is 11.9 Å². The van der Waals surface area contributed by atoms with Crippen molar-refractivity contribution >= 4 is 28.8 Å². The monoisotopic (exact) mass is 242 g/mol. The van der Waals surface area contributed by atoms with Gasteiger partial charge in [-0.2, -0.15) is 0 Å². The average Bonchev–Trinajstić information content (AvgIpc) is 2.35. The molecule has 0 bridgehead atoms. The summed E-state index contributed by atoms with van der Waals surface area (Å²) in [5.41, 5.74) is 0.990. The molecule has 0 aliphatic rings. The lowest BCUT2D eigenvalue weighted by Gasteiger charge is -2.01. The van der Waals surface area contributed by atoms with Gasteiger partial charge in [0.1, 0.15) is 0 Å². The van der Waals surface area contributed by atoms with Crippen molar-refractivity contribution in [2.45, 2.75) is 0 Å². The third-order valence-corrected chi connectivity index (χ3v) is 2.53. The fraction of sp³-hybridized carbons (Fsp3) is 0. The fourth-order valence-corrected chi connectivity index (χ4v) is 1.67. The summed E-state index contributed by atoms with van der Waals surface area (Å²) in [4.78, 5) is 21.2. The molecule has 0 saturated heterocycles. The molecule has 2 rings (SSSR count). The molecular formula is C14H10O4. The quantitative estimate of drug-likeness (QED) is 0.811. The summed E-state index contributed by atoms with van der Waals surface area (Å²) < 4.78 is 0. The predicted octanol–water partition coefficient (Wildman–Crippen LogP) is 2.64. The Hall–Kier alpha value is -2.62. The van der Waals surface area contributed by atoms with Crippen LogP contribution in [0.2, 0.25) is 0 Å². The minimum Gasteiger partial charge on any atom is -0.478 e. The van der Waals surface area contributed by atoms with Crippen molar-refractivity contribution in [2.75, 3.05) is 0 Å². The summed E-state index contributed by atoms with van der Waals surface area (Å²) in [5.74, 6) is -1.97. The van der Waals surface area contributed by atoms with E-state index in [2.05, 4.69) is 0 Å². The van der Waals surface area contributed by atoms with Crippen LogP contribution in [0.25, 0.3) is 16.8 Å². The van der Waals surface area contributed by atoms with Crippen LogP contribution in [0, 0.1) is 0 Å². The summed E-state index contributed by atoms with van der Waals surface area (Å²) in [6.07, 6.45) is 2.56. The molecule has 4 nitrogen and oxygen atoms in total. The Bertz CT molecular complexity index is 656. The van der Waals surface area contributed by atoms with Crippen LogP contribution in [0.1, 0.15) is 15.9 Å². The van der Waals surface area contributed by atoms with Crippen molar-refractivity contribution < 1.29 is 19.8 Å². The molecule has 2 aromatic carbocycles. The van der Waals surface area contributed by atoms with Crippen LogP contribution >= 0.6 is 0 Å². The minimum absolute atomic E-state index is 0.233. The number of aliphatic carboxylic acids is 1. The van der Waals surface area contributed by atoms with Crippen molar-refractivity contribution in [3.05, 3.63) is 53.6 Å². The van der Waals surface area contributed by atoms with Gasteiger partial charge in [0.05, 0.1) is 5.56 Å². The Kier molecular flexibility index (Phi) is 3.10. The molecule has 0 unspecified atom stereocenters. The first-order valence-corrected chi connectivity index (χ1v) is 5.24. The molecule has 2 N–H and O–H groups in total. The second kappa shape index (κ2) is 4.71. The van der Waals surface area contributed by atoms with Crippen molar-refractivity contribution in [3.8, 4) is 0 Å². The van der Waals surface area contributed by atoms with Gasteiger partial charge < -0.3 is 10.2 Å². The number of carboxylic acids is 2. The maximum absolute atomic E-state index is 10.8. The lowest BCUT2D eigenvalue weighted by molar-refractivity contribution is -0.131. The van der Waals surface area contributed by atoms with Gasteiger partial charge in [-0.15, -0.1) is 0 Å². The molecule has 0 aliphatic heterocycles. The van der Waals surface area contributed by atoms with Gasteiger partial charge in [0.2, 0.25) is 0 Å². The molecule has 18 heavy (non-hydrogen) atoms. The SMILES string of the molecule is O=C(O)C=Cc1ccc2cc(C(=O)O)ccc2c1. The first kappa shape index (κ1) is 11.9. The van der Waals surface area contributed by atoms with E-state index in [9.17, 15) is 9.59 Å². The Morgan fingerprint density at radius 3 is 2.28 bits per heavy atom. The van der Waals surface area contributed by atoms with Crippen molar-refractivity contribution in [3.63, 3.8) is 0 Å². The molecule has 0 radical (unpaired) electrons. The standard InChI is InChI=1S/C14H10O4/c15-13(16)6-2-9-1-3-11-8-12(14(17)18)5-4-10(11)7-9/h1-8H,(H,15,16)(H,17,18). The highest BCUT2D eigenvalue weighted by Gasteiger charge is 2.03. The smallest absolute Gasteiger partial charge is 0.335 e. The van der Waals surface area contributed by atoms with Gasteiger partial charge in [0.15, 0.2) is 0 Å². The van der Waals surface area contributed by atoms with Crippen molar-refractivity contribution in [1.29, 1.82) is 0 Å². The van der Waals surface area contributed by atoms with Gasteiger partial charge in [-0.05, 0) is 40.6 Å². The van der Waals surface area contributed by atoms with Crippen LogP contribution in [0.3, 0.4) is 0 Å². The van der Waals surface area contributed by atoms with E-state index in [-0.39, 0.29) is 5.56 Å². The number of carboxylic acid groups (broad SMARTS) is 2. The van der Waals surface area contributed by atoms with Gasteiger partial charge in [-0.3, -0.25) is 0 Å². The van der Waals surface area contributed by atoms with Gasteiger partial charge in [0, 0.05) is 6.08 Å². The van der Waals surface area contributed by atoms with Gasteiger partial charge in [-0.1, -0.05) is 18.2 Å². The largest absolute Gasteiger partial charge is 0.478 e. The number of carbonyl (C=O) groups is 2. The summed E-state index contributed by atoms with van der Waals surface area (Å²) in [5, 5.41) is 19.1. The number of aromatic carboxylic acids is 1. The Balaban J connectivity index is 2.44. The maximum Gasteiger partial charge on any atom is 0.335 e. The van der Waals surface area contributed by atoms with E-state index in [1.54, 1.807) is 30.3 Å². The van der Waals surface area contributed by atoms with Gasteiger partial charge in [0.25, 0.3) is 0 Å². The van der Waals surface area contributed by atoms with Crippen LogP contribution < -0.4 is 0 Å². The van der Waals surface area contributed by atoms with Gasteiger partial charge >= 0.3 is 11.9 Å². The van der Waals surface area contributed by atoms with Crippen molar-refractivity contribution in [1.82, 2.24) is 0 Å². The Labute approximate surface area is 103 Å².